The van der Waals surface area contributed by atoms with Crippen LogP contribution in [0.3, 0.4) is 0 Å². The Hall–Kier alpha value is -0.830. The minimum Gasteiger partial charge on any atom is -0.361 e. The fraction of sp³-hybridized carbons (Fsp3) is 0.778. The van der Waals surface area contributed by atoms with E-state index in [1.54, 1.807) is 0 Å². The summed E-state index contributed by atoms with van der Waals surface area (Å²) in [6.07, 6.45) is 4.87. The van der Waals surface area contributed by atoms with E-state index < -0.39 is 0 Å². The lowest BCUT2D eigenvalue weighted by molar-refractivity contribution is 0.249. The SMILES string of the molecule is CCNC(=NCCc1c(C)noc1C)N1CCC(N2CCCC2)C1.I. The van der Waals surface area contributed by atoms with Gasteiger partial charge in [-0.05, 0) is 59.5 Å². The van der Waals surface area contributed by atoms with Crippen LogP contribution in [0.2, 0.25) is 0 Å². The summed E-state index contributed by atoms with van der Waals surface area (Å²) >= 11 is 0. The number of nitrogens with zero attached hydrogens (tertiary/aromatic N) is 4. The number of halogens is 1. The standard InChI is InChI=1S/C18H31N5O.HI/c1-4-19-18(20-9-7-17-14(2)21-24-15(17)3)23-12-8-16(13-23)22-10-5-6-11-22;/h16H,4-13H2,1-3H3,(H,19,20);1H. The van der Waals surface area contributed by atoms with E-state index >= 15 is 0 Å². The summed E-state index contributed by atoms with van der Waals surface area (Å²) in [6, 6.07) is 0.707. The Labute approximate surface area is 168 Å². The molecular weight excluding hydrogens is 429 g/mol. The summed E-state index contributed by atoms with van der Waals surface area (Å²) in [5, 5.41) is 7.49. The zero-order valence-corrected chi connectivity index (χ0v) is 18.1. The minimum absolute atomic E-state index is 0. The summed E-state index contributed by atoms with van der Waals surface area (Å²) in [5.41, 5.74) is 2.19. The van der Waals surface area contributed by atoms with Crippen LogP contribution in [0.1, 0.15) is 43.2 Å². The third-order valence-electron chi connectivity index (χ3n) is 5.26. The van der Waals surface area contributed by atoms with Crippen molar-refractivity contribution in [2.75, 3.05) is 39.3 Å². The van der Waals surface area contributed by atoms with Gasteiger partial charge in [-0.2, -0.15) is 0 Å². The van der Waals surface area contributed by atoms with E-state index in [0.29, 0.717) is 6.04 Å². The molecule has 3 heterocycles. The van der Waals surface area contributed by atoms with Crippen molar-refractivity contribution in [2.45, 2.75) is 52.5 Å². The van der Waals surface area contributed by atoms with Crippen molar-refractivity contribution in [1.29, 1.82) is 0 Å². The average Bonchev–Trinajstić information content (AvgIpc) is 3.30. The van der Waals surface area contributed by atoms with Crippen molar-refractivity contribution in [3.8, 4) is 0 Å². The average molecular weight is 461 g/mol. The van der Waals surface area contributed by atoms with Crippen molar-refractivity contribution in [3.05, 3.63) is 17.0 Å². The first-order chi connectivity index (χ1) is 11.7. The van der Waals surface area contributed by atoms with Crippen LogP contribution in [0.5, 0.6) is 0 Å². The van der Waals surface area contributed by atoms with E-state index in [2.05, 4.69) is 27.2 Å². The van der Waals surface area contributed by atoms with Crippen LogP contribution >= 0.6 is 24.0 Å². The quantitative estimate of drug-likeness (QED) is 0.415. The van der Waals surface area contributed by atoms with Gasteiger partial charge < -0.3 is 14.7 Å². The molecule has 3 rings (SSSR count). The molecule has 0 aliphatic carbocycles. The van der Waals surface area contributed by atoms with Crippen molar-refractivity contribution in [1.82, 2.24) is 20.3 Å². The molecule has 0 saturated carbocycles. The molecule has 0 amide bonds. The highest BCUT2D eigenvalue weighted by atomic mass is 127. The van der Waals surface area contributed by atoms with Gasteiger partial charge in [-0.1, -0.05) is 5.16 Å². The number of nitrogens with one attached hydrogen (secondary N) is 1. The molecule has 2 aliphatic heterocycles. The van der Waals surface area contributed by atoms with Gasteiger partial charge in [0.25, 0.3) is 0 Å². The highest BCUT2D eigenvalue weighted by Crippen LogP contribution is 2.20. The van der Waals surface area contributed by atoms with Gasteiger partial charge in [0.05, 0.1) is 5.69 Å². The van der Waals surface area contributed by atoms with Crippen molar-refractivity contribution < 1.29 is 4.52 Å². The first kappa shape index (κ1) is 20.5. The van der Waals surface area contributed by atoms with Crippen LogP contribution in [0.15, 0.2) is 9.52 Å². The molecule has 0 spiro atoms. The molecule has 0 aromatic carbocycles. The minimum atomic E-state index is 0. The normalized spacial score (nSPS) is 21.6. The Morgan fingerprint density at radius 1 is 1.28 bits per heavy atom. The second-order valence-electron chi connectivity index (χ2n) is 6.92. The lowest BCUT2D eigenvalue weighted by Gasteiger charge is -2.25. The van der Waals surface area contributed by atoms with Crippen LogP contribution in [0, 0.1) is 13.8 Å². The monoisotopic (exact) mass is 461 g/mol. The predicted octanol–water partition coefficient (Wildman–Crippen LogP) is 2.59. The number of rotatable bonds is 5. The first-order valence-electron chi connectivity index (χ1n) is 9.38. The van der Waals surface area contributed by atoms with E-state index in [1.165, 1.54) is 37.9 Å². The summed E-state index contributed by atoms with van der Waals surface area (Å²) in [4.78, 5) is 9.95. The third-order valence-corrected chi connectivity index (χ3v) is 5.26. The number of aliphatic imine (C=N–C) groups is 1. The van der Waals surface area contributed by atoms with Crippen molar-refractivity contribution in [2.24, 2.45) is 4.99 Å². The maximum Gasteiger partial charge on any atom is 0.193 e. The van der Waals surface area contributed by atoms with Crippen LogP contribution < -0.4 is 5.32 Å². The van der Waals surface area contributed by atoms with E-state index in [0.717, 1.165) is 50.0 Å². The molecule has 2 fully saturated rings. The number of hydrogen-bond acceptors (Lipinski definition) is 4. The Morgan fingerprint density at radius 2 is 2.04 bits per heavy atom. The molecule has 6 nitrogen and oxygen atoms in total. The van der Waals surface area contributed by atoms with Gasteiger partial charge in [0.15, 0.2) is 5.96 Å². The molecule has 1 N–H and O–H groups in total. The lowest BCUT2D eigenvalue weighted by Crippen LogP contribution is -2.42. The summed E-state index contributed by atoms with van der Waals surface area (Å²) in [5.74, 6) is 1.98. The van der Waals surface area contributed by atoms with Gasteiger partial charge in [-0.3, -0.25) is 9.89 Å². The van der Waals surface area contributed by atoms with Gasteiger partial charge in [0.1, 0.15) is 5.76 Å². The van der Waals surface area contributed by atoms with Gasteiger partial charge in [0, 0.05) is 37.8 Å². The molecule has 7 heteroatoms. The van der Waals surface area contributed by atoms with Gasteiger partial charge in [-0.15, -0.1) is 24.0 Å². The van der Waals surface area contributed by atoms with E-state index in [9.17, 15) is 0 Å². The summed E-state index contributed by atoms with van der Waals surface area (Å²) < 4.78 is 5.24. The van der Waals surface area contributed by atoms with E-state index in [4.69, 9.17) is 9.52 Å². The number of aromatic nitrogens is 1. The number of hydrogen-bond donors (Lipinski definition) is 1. The topological polar surface area (TPSA) is 56.9 Å². The molecule has 142 valence electrons. The zero-order chi connectivity index (χ0) is 16.9. The van der Waals surface area contributed by atoms with E-state index in [1.807, 2.05) is 13.8 Å². The first-order valence-corrected chi connectivity index (χ1v) is 9.38. The van der Waals surface area contributed by atoms with Gasteiger partial charge in [0.2, 0.25) is 0 Å². The second-order valence-corrected chi connectivity index (χ2v) is 6.92. The molecule has 1 atom stereocenters. The molecule has 1 aromatic heterocycles. The maximum atomic E-state index is 5.24. The highest BCUT2D eigenvalue weighted by Gasteiger charge is 2.30. The second kappa shape index (κ2) is 9.75. The van der Waals surface area contributed by atoms with Gasteiger partial charge >= 0.3 is 0 Å². The number of guanidine groups is 1. The molecule has 0 radical (unpaired) electrons. The fourth-order valence-corrected chi connectivity index (χ4v) is 3.90. The third kappa shape index (κ3) is 5.09. The molecule has 1 unspecified atom stereocenters. The molecule has 1 aromatic rings. The Kier molecular flexibility index (Phi) is 7.99. The Bertz CT molecular complexity index is 548. The Morgan fingerprint density at radius 3 is 2.68 bits per heavy atom. The van der Waals surface area contributed by atoms with Crippen LogP contribution in [-0.2, 0) is 6.42 Å². The molecule has 0 bridgehead atoms. The van der Waals surface area contributed by atoms with Crippen molar-refractivity contribution in [3.63, 3.8) is 0 Å². The van der Waals surface area contributed by atoms with Gasteiger partial charge in [-0.25, -0.2) is 0 Å². The highest BCUT2D eigenvalue weighted by molar-refractivity contribution is 14.0. The molecular formula is C18H32IN5O. The van der Waals surface area contributed by atoms with Crippen LogP contribution in [-0.4, -0.2) is 66.2 Å². The maximum absolute atomic E-state index is 5.24. The zero-order valence-electron chi connectivity index (χ0n) is 15.8. The summed E-state index contributed by atoms with van der Waals surface area (Å²) in [7, 11) is 0. The van der Waals surface area contributed by atoms with Crippen LogP contribution in [0.4, 0.5) is 0 Å². The molecule has 2 saturated heterocycles. The number of aryl methyl sites for hydroxylation is 2. The smallest absolute Gasteiger partial charge is 0.193 e. The Balaban J connectivity index is 0.00000225. The number of likely N-dealkylation sites (tertiary alicyclic amines) is 2. The predicted molar refractivity (Wildman–Crippen MR) is 112 cm³/mol. The molecule has 25 heavy (non-hydrogen) atoms. The van der Waals surface area contributed by atoms with Crippen LogP contribution in [0.25, 0.3) is 0 Å². The van der Waals surface area contributed by atoms with Crippen molar-refractivity contribution >= 4 is 29.9 Å². The van der Waals surface area contributed by atoms with E-state index in [-0.39, 0.29) is 24.0 Å². The lowest BCUT2D eigenvalue weighted by atomic mass is 10.1. The molecule has 2 aliphatic rings. The summed E-state index contributed by atoms with van der Waals surface area (Å²) in [6.45, 7) is 12.6. The largest absolute Gasteiger partial charge is 0.361 e. The fourth-order valence-electron chi connectivity index (χ4n) is 3.90.